The third-order valence-electron chi connectivity index (χ3n) is 2.93. The highest BCUT2D eigenvalue weighted by molar-refractivity contribution is 5.94. The molecule has 1 aliphatic heterocycles. The number of anilines is 1. The van der Waals surface area contributed by atoms with E-state index >= 15 is 0 Å². The highest BCUT2D eigenvalue weighted by atomic mass is 19.1. The van der Waals surface area contributed by atoms with E-state index in [9.17, 15) is 14.0 Å². The van der Waals surface area contributed by atoms with Gasteiger partial charge in [-0.25, -0.2) is 9.18 Å². The van der Waals surface area contributed by atoms with Gasteiger partial charge in [-0.2, -0.15) is 0 Å². The molecule has 0 bridgehead atoms. The second kappa shape index (κ2) is 6.33. The molecule has 1 unspecified atom stereocenters. The number of rotatable bonds is 3. The Balaban J connectivity index is 1.99. The summed E-state index contributed by atoms with van der Waals surface area (Å²) >= 11 is 0. The largest absolute Gasteiger partial charge is 0.453 e. The van der Waals surface area contributed by atoms with Crippen molar-refractivity contribution in [2.75, 3.05) is 31.7 Å². The van der Waals surface area contributed by atoms with Crippen LogP contribution in [-0.2, 0) is 14.3 Å². The van der Waals surface area contributed by atoms with Crippen LogP contribution in [0, 0.1) is 5.82 Å². The van der Waals surface area contributed by atoms with Crippen LogP contribution in [0.15, 0.2) is 24.3 Å². The van der Waals surface area contributed by atoms with Crippen molar-refractivity contribution in [1.82, 2.24) is 5.32 Å². The Hall–Kier alpha value is -2.15. The van der Waals surface area contributed by atoms with Crippen molar-refractivity contribution in [2.45, 2.75) is 6.10 Å². The molecule has 7 heteroatoms. The number of methoxy groups -OCH3 is 1. The smallest absolute Gasteiger partial charge is 0.406 e. The van der Waals surface area contributed by atoms with E-state index in [1.165, 1.54) is 36.3 Å². The zero-order valence-electron chi connectivity index (χ0n) is 11.0. The molecule has 0 aromatic heterocycles. The van der Waals surface area contributed by atoms with Gasteiger partial charge in [0.05, 0.1) is 19.8 Å². The number of alkyl carbamates (subject to hydrolysis) is 1. The van der Waals surface area contributed by atoms with Crippen molar-refractivity contribution in [1.29, 1.82) is 0 Å². The first-order chi connectivity index (χ1) is 9.60. The molecular formula is C13H15FN2O4. The summed E-state index contributed by atoms with van der Waals surface area (Å²) in [5.74, 6) is -0.565. The summed E-state index contributed by atoms with van der Waals surface area (Å²) in [4.78, 5) is 24.3. The minimum atomic E-state index is -0.557. The summed E-state index contributed by atoms with van der Waals surface area (Å²) in [5, 5.41) is 2.51. The Kier molecular flexibility index (Phi) is 4.52. The van der Waals surface area contributed by atoms with Gasteiger partial charge in [0, 0.05) is 12.2 Å². The quantitative estimate of drug-likeness (QED) is 0.895. The standard InChI is InChI=1S/C13H15FN2O4/c1-19-13(18)15-6-11-7-16(12(17)8-20-11)10-4-2-9(14)3-5-10/h2-5,11H,6-8H2,1H3,(H,15,18). The zero-order chi connectivity index (χ0) is 14.5. The lowest BCUT2D eigenvalue weighted by molar-refractivity contribution is -0.129. The fraction of sp³-hybridized carbons (Fsp3) is 0.385. The monoisotopic (exact) mass is 282 g/mol. The van der Waals surface area contributed by atoms with Crippen molar-refractivity contribution in [3.05, 3.63) is 30.1 Å². The molecule has 20 heavy (non-hydrogen) atoms. The van der Waals surface area contributed by atoms with E-state index in [4.69, 9.17) is 4.74 Å². The van der Waals surface area contributed by atoms with E-state index in [-0.39, 0.29) is 37.5 Å². The highest BCUT2D eigenvalue weighted by Gasteiger charge is 2.27. The second-order valence-electron chi connectivity index (χ2n) is 4.29. The minimum absolute atomic E-state index is 0.0785. The number of nitrogens with one attached hydrogen (secondary N) is 1. The molecule has 0 radical (unpaired) electrons. The van der Waals surface area contributed by atoms with Crippen LogP contribution in [0.25, 0.3) is 0 Å². The van der Waals surface area contributed by atoms with Crippen LogP contribution in [0.2, 0.25) is 0 Å². The van der Waals surface area contributed by atoms with Gasteiger partial charge in [0.15, 0.2) is 0 Å². The van der Waals surface area contributed by atoms with Crippen LogP contribution in [0.3, 0.4) is 0 Å². The Morgan fingerprint density at radius 3 is 2.85 bits per heavy atom. The summed E-state index contributed by atoms with van der Waals surface area (Å²) in [6.07, 6.45) is -0.893. The number of carbonyl (C=O) groups excluding carboxylic acids is 2. The zero-order valence-corrected chi connectivity index (χ0v) is 11.0. The normalized spacial score (nSPS) is 18.8. The first-order valence-corrected chi connectivity index (χ1v) is 6.09. The molecule has 108 valence electrons. The van der Waals surface area contributed by atoms with Crippen LogP contribution in [0.5, 0.6) is 0 Å². The van der Waals surface area contributed by atoms with Gasteiger partial charge in [0.1, 0.15) is 12.4 Å². The molecule has 1 aliphatic rings. The van der Waals surface area contributed by atoms with Gasteiger partial charge in [-0.15, -0.1) is 0 Å². The summed E-state index contributed by atoms with van der Waals surface area (Å²) in [6.45, 7) is 0.441. The molecule has 2 amide bonds. The number of benzene rings is 1. The second-order valence-corrected chi connectivity index (χ2v) is 4.29. The number of morpholine rings is 1. The van der Waals surface area contributed by atoms with Crippen molar-refractivity contribution in [3.8, 4) is 0 Å². The third-order valence-corrected chi connectivity index (χ3v) is 2.93. The molecule has 0 saturated carbocycles. The first-order valence-electron chi connectivity index (χ1n) is 6.09. The number of hydrogen-bond acceptors (Lipinski definition) is 4. The van der Waals surface area contributed by atoms with Gasteiger partial charge in [-0.05, 0) is 24.3 Å². The summed E-state index contributed by atoms with van der Waals surface area (Å²) in [6, 6.07) is 5.65. The molecule has 1 aromatic rings. The van der Waals surface area contributed by atoms with Gasteiger partial charge >= 0.3 is 6.09 Å². The number of nitrogens with zero attached hydrogens (tertiary/aromatic N) is 1. The molecule has 1 aromatic carbocycles. The fourth-order valence-electron chi connectivity index (χ4n) is 1.89. The minimum Gasteiger partial charge on any atom is -0.453 e. The van der Waals surface area contributed by atoms with Crippen LogP contribution < -0.4 is 10.2 Å². The number of halogens is 1. The summed E-state index contributed by atoms with van der Waals surface area (Å²) < 4.78 is 22.7. The number of carbonyl (C=O) groups is 2. The molecular weight excluding hydrogens is 267 g/mol. The molecule has 1 atom stereocenters. The Morgan fingerprint density at radius 1 is 1.50 bits per heavy atom. The van der Waals surface area contributed by atoms with Crippen LogP contribution >= 0.6 is 0 Å². The molecule has 0 aliphatic carbocycles. The van der Waals surface area contributed by atoms with Gasteiger partial charge in [0.2, 0.25) is 0 Å². The lowest BCUT2D eigenvalue weighted by Gasteiger charge is -2.32. The number of ether oxygens (including phenoxy) is 2. The fourth-order valence-corrected chi connectivity index (χ4v) is 1.89. The van der Waals surface area contributed by atoms with Gasteiger partial charge < -0.3 is 19.7 Å². The molecule has 2 rings (SSSR count). The first kappa shape index (κ1) is 14.3. The predicted octanol–water partition coefficient (Wildman–Crippen LogP) is 0.913. The predicted molar refractivity (Wildman–Crippen MR) is 68.9 cm³/mol. The van der Waals surface area contributed by atoms with Gasteiger partial charge in [-0.1, -0.05) is 0 Å². The third kappa shape index (κ3) is 3.45. The molecule has 1 saturated heterocycles. The van der Waals surface area contributed by atoms with Crippen LogP contribution in [-0.4, -0.2) is 44.9 Å². The van der Waals surface area contributed by atoms with Crippen molar-refractivity contribution in [3.63, 3.8) is 0 Å². The average Bonchev–Trinajstić information content (AvgIpc) is 2.47. The molecule has 1 fully saturated rings. The van der Waals surface area contributed by atoms with E-state index in [0.717, 1.165) is 0 Å². The van der Waals surface area contributed by atoms with E-state index in [1.807, 2.05) is 0 Å². The lowest BCUT2D eigenvalue weighted by atomic mass is 10.2. The Bertz CT molecular complexity index is 492. The highest BCUT2D eigenvalue weighted by Crippen LogP contribution is 2.18. The maximum Gasteiger partial charge on any atom is 0.406 e. The lowest BCUT2D eigenvalue weighted by Crippen LogP contribution is -2.50. The number of hydrogen-bond donors (Lipinski definition) is 1. The molecule has 6 nitrogen and oxygen atoms in total. The van der Waals surface area contributed by atoms with Crippen LogP contribution in [0.4, 0.5) is 14.9 Å². The van der Waals surface area contributed by atoms with Gasteiger partial charge in [-0.3, -0.25) is 4.79 Å². The van der Waals surface area contributed by atoms with E-state index in [0.29, 0.717) is 5.69 Å². The Morgan fingerprint density at radius 2 is 2.20 bits per heavy atom. The van der Waals surface area contributed by atoms with E-state index in [1.54, 1.807) is 0 Å². The summed E-state index contributed by atoms with van der Waals surface area (Å²) in [5.41, 5.74) is 0.600. The maximum atomic E-state index is 12.9. The molecule has 1 N–H and O–H groups in total. The van der Waals surface area contributed by atoms with E-state index < -0.39 is 6.09 Å². The Labute approximate surface area is 115 Å². The van der Waals surface area contributed by atoms with Crippen molar-refractivity contribution in [2.24, 2.45) is 0 Å². The summed E-state index contributed by atoms with van der Waals surface area (Å²) in [7, 11) is 1.27. The van der Waals surface area contributed by atoms with E-state index in [2.05, 4.69) is 10.1 Å². The van der Waals surface area contributed by atoms with Crippen molar-refractivity contribution >= 4 is 17.7 Å². The van der Waals surface area contributed by atoms with Crippen LogP contribution in [0.1, 0.15) is 0 Å². The molecule has 1 heterocycles. The molecule has 0 spiro atoms. The maximum absolute atomic E-state index is 12.9. The topological polar surface area (TPSA) is 67.9 Å². The average molecular weight is 282 g/mol. The van der Waals surface area contributed by atoms with Gasteiger partial charge in [0.25, 0.3) is 5.91 Å². The SMILES string of the molecule is COC(=O)NCC1CN(c2ccc(F)cc2)C(=O)CO1. The number of amides is 2. The van der Waals surface area contributed by atoms with Crippen molar-refractivity contribution < 1.29 is 23.5 Å².